The van der Waals surface area contributed by atoms with Crippen molar-refractivity contribution in [3.05, 3.63) is 57.6 Å². The summed E-state index contributed by atoms with van der Waals surface area (Å²) in [5.41, 5.74) is -0.878. The summed E-state index contributed by atoms with van der Waals surface area (Å²) in [6.45, 7) is 9.13. The molecule has 0 radical (unpaired) electrons. The lowest BCUT2D eigenvalue weighted by atomic mass is 9.70. The van der Waals surface area contributed by atoms with Gasteiger partial charge >= 0.3 is 0 Å². The van der Waals surface area contributed by atoms with E-state index in [1.807, 2.05) is 0 Å². The largest absolute Gasteiger partial charge is 0.507 e. The van der Waals surface area contributed by atoms with Crippen LogP contribution in [0.4, 0.5) is 0 Å². The Labute approximate surface area is 216 Å². The molecule has 4 N–H and O–H groups in total. The molecule has 1 fully saturated rings. The Kier molecular flexibility index (Phi) is 6.84. The van der Waals surface area contributed by atoms with Gasteiger partial charge in [0.25, 0.3) is 0 Å². The lowest BCUT2D eigenvalue weighted by Crippen LogP contribution is -2.52. The van der Waals surface area contributed by atoms with Gasteiger partial charge in [0.05, 0.1) is 23.3 Å². The van der Waals surface area contributed by atoms with Gasteiger partial charge in [-0.3, -0.25) is 9.59 Å². The number of phenols is 2. The molecule has 9 heteroatoms. The summed E-state index contributed by atoms with van der Waals surface area (Å²) in [6, 6.07) is 5.79. The molecule has 4 unspecified atom stereocenters. The maximum absolute atomic E-state index is 13.4. The third-order valence-corrected chi connectivity index (χ3v) is 8.00. The van der Waals surface area contributed by atoms with Gasteiger partial charge in [-0.05, 0) is 26.4 Å². The average Bonchev–Trinajstić information content (AvgIpc) is 3.34. The number of hydrogen-bond donors (Lipinski definition) is 4. The first-order valence-electron chi connectivity index (χ1n) is 12.9. The number of fused-ring (bicyclic) bond motifs is 3. The molecule has 1 aliphatic heterocycles. The highest BCUT2D eigenvalue weighted by atomic mass is 16.7. The Morgan fingerprint density at radius 3 is 2.24 bits per heavy atom. The minimum Gasteiger partial charge on any atom is -0.507 e. The minimum absolute atomic E-state index is 0.0624. The van der Waals surface area contributed by atoms with Crippen molar-refractivity contribution in [2.24, 2.45) is 0 Å². The fourth-order valence-corrected chi connectivity index (χ4v) is 5.94. The molecule has 2 aromatic rings. The van der Waals surface area contributed by atoms with Crippen LogP contribution in [0.3, 0.4) is 0 Å². The van der Waals surface area contributed by atoms with Crippen molar-refractivity contribution >= 4 is 11.6 Å². The number of carbonyl (C=O) groups excluding carboxylic acids is 2. The van der Waals surface area contributed by atoms with Crippen LogP contribution in [0.15, 0.2) is 24.3 Å². The molecule has 9 nitrogen and oxygen atoms in total. The van der Waals surface area contributed by atoms with Gasteiger partial charge < -0.3 is 35.0 Å². The number of benzene rings is 2. The summed E-state index contributed by atoms with van der Waals surface area (Å²) in [4.78, 5) is 29.1. The van der Waals surface area contributed by atoms with Crippen LogP contribution < -0.4 is 5.32 Å². The van der Waals surface area contributed by atoms with Crippen LogP contribution in [-0.2, 0) is 15.9 Å². The van der Waals surface area contributed by atoms with Crippen molar-refractivity contribution in [2.45, 2.75) is 57.6 Å². The Morgan fingerprint density at radius 1 is 1.05 bits per heavy atom. The van der Waals surface area contributed by atoms with E-state index in [1.54, 1.807) is 25.1 Å². The zero-order valence-corrected chi connectivity index (χ0v) is 21.4. The summed E-state index contributed by atoms with van der Waals surface area (Å²) < 4.78 is 11.4. The van der Waals surface area contributed by atoms with Crippen LogP contribution >= 0.6 is 0 Å². The minimum atomic E-state index is -1.43. The molecule has 1 saturated heterocycles. The molecule has 0 amide bonds. The van der Waals surface area contributed by atoms with E-state index < -0.39 is 35.6 Å². The Bertz CT molecular complexity index is 1240. The van der Waals surface area contributed by atoms with Gasteiger partial charge in [0.2, 0.25) is 0 Å². The lowest BCUT2D eigenvalue weighted by Gasteiger charge is -2.42. The Balaban J connectivity index is 1.61. The summed E-state index contributed by atoms with van der Waals surface area (Å²) in [5.74, 6) is -1.74. The monoisotopic (exact) mass is 510 g/mol. The van der Waals surface area contributed by atoms with E-state index in [1.165, 1.54) is 6.07 Å². The molecule has 3 aliphatic rings. The van der Waals surface area contributed by atoms with E-state index in [0.717, 1.165) is 19.6 Å². The van der Waals surface area contributed by atoms with Crippen molar-refractivity contribution < 1.29 is 34.4 Å². The van der Waals surface area contributed by atoms with E-state index in [9.17, 15) is 24.9 Å². The maximum Gasteiger partial charge on any atom is 0.198 e. The number of carbonyl (C=O) groups is 2. The first-order chi connectivity index (χ1) is 17.7. The number of aromatic hydroxyl groups is 2. The smallest absolute Gasteiger partial charge is 0.198 e. The molecule has 0 spiro atoms. The molecular weight excluding hydrogens is 476 g/mol. The van der Waals surface area contributed by atoms with Gasteiger partial charge in [-0.2, -0.15) is 0 Å². The number of likely N-dealkylation sites (N-methyl/N-ethyl adjacent to an activating group) is 1. The number of nitrogens with one attached hydrogen (secondary N) is 1. The van der Waals surface area contributed by atoms with Gasteiger partial charge in [0.1, 0.15) is 17.6 Å². The second kappa shape index (κ2) is 9.81. The number of aliphatic hydroxyl groups is 1. The standard InChI is InChI=1S/C28H34N2O7/c1-4-30(5-2)11-10-29-19-13-28(35,20-14-36-15(3)37-20)12-18-21(19)27(34)23-22(26(18)33)24(31)16-8-6-7-9-17(16)25(23)32/h6-9,15,19-20,29,33-35H,4-5,10-14H2,1-3H3. The highest BCUT2D eigenvalue weighted by Crippen LogP contribution is 2.51. The van der Waals surface area contributed by atoms with Gasteiger partial charge in [0.15, 0.2) is 17.9 Å². The summed E-state index contributed by atoms with van der Waals surface area (Å²) in [6.07, 6.45) is -1.03. The van der Waals surface area contributed by atoms with E-state index in [-0.39, 0.29) is 58.8 Å². The number of ether oxygens (including phenoxy) is 2. The zero-order chi connectivity index (χ0) is 26.5. The summed E-state index contributed by atoms with van der Waals surface area (Å²) in [5, 5.41) is 38.2. The predicted octanol–water partition coefficient (Wildman–Crippen LogP) is 2.28. The third kappa shape index (κ3) is 4.24. The highest BCUT2D eigenvalue weighted by molar-refractivity contribution is 6.30. The Hall–Kier alpha value is -2.82. The van der Waals surface area contributed by atoms with Crippen LogP contribution in [0.2, 0.25) is 0 Å². The molecule has 2 aliphatic carbocycles. The maximum atomic E-state index is 13.4. The fourth-order valence-electron chi connectivity index (χ4n) is 5.94. The number of hydrogen-bond acceptors (Lipinski definition) is 9. The van der Waals surface area contributed by atoms with Crippen molar-refractivity contribution in [3.63, 3.8) is 0 Å². The number of phenolic OH excluding ortho intramolecular Hbond substituents is 2. The molecule has 1 heterocycles. The normalized spacial score (nSPS) is 26.8. The summed E-state index contributed by atoms with van der Waals surface area (Å²) in [7, 11) is 0. The number of rotatable bonds is 7. The molecule has 37 heavy (non-hydrogen) atoms. The van der Waals surface area contributed by atoms with Crippen LogP contribution in [0.25, 0.3) is 0 Å². The molecule has 0 aromatic heterocycles. The molecule has 0 bridgehead atoms. The van der Waals surface area contributed by atoms with E-state index in [0.29, 0.717) is 12.1 Å². The summed E-state index contributed by atoms with van der Waals surface area (Å²) >= 11 is 0. The van der Waals surface area contributed by atoms with Gasteiger partial charge in [-0.25, -0.2) is 0 Å². The molecule has 4 atom stereocenters. The van der Waals surface area contributed by atoms with E-state index in [2.05, 4.69) is 24.1 Å². The average molecular weight is 511 g/mol. The van der Waals surface area contributed by atoms with Crippen molar-refractivity contribution in [1.29, 1.82) is 0 Å². The topological polar surface area (TPSA) is 129 Å². The van der Waals surface area contributed by atoms with Gasteiger partial charge in [-0.1, -0.05) is 38.1 Å². The van der Waals surface area contributed by atoms with Crippen molar-refractivity contribution in [3.8, 4) is 11.5 Å². The van der Waals surface area contributed by atoms with E-state index in [4.69, 9.17) is 9.47 Å². The van der Waals surface area contributed by atoms with Crippen LogP contribution in [-0.4, -0.2) is 82.6 Å². The van der Waals surface area contributed by atoms with Crippen LogP contribution in [0, 0.1) is 0 Å². The Morgan fingerprint density at radius 2 is 1.68 bits per heavy atom. The van der Waals surface area contributed by atoms with Gasteiger partial charge in [-0.15, -0.1) is 0 Å². The van der Waals surface area contributed by atoms with Crippen molar-refractivity contribution in [1.82, 2.24) is 10.2 Å². The fraction of sp³-hybridized carbons (Fsp3) is 0.500. The highest BCUT2D eigenvalue weighted by Gasteiger charge is 2.50. The number of ketones is 2. The number of nitrogens with zero attached hydrogens (tertiary/aromatic N) is 1. The molecule has 5 rings (SSSR count). The second-order valence-electron chi connectivity index (χ2n) is 10.1. The van der Waals surface area contributed by atoms with E-state index >= 15 is 0 Å². The SMILES string of the molecule is CCN(CC)CCNC1CC(O)(C2COC(C)O2)Cc2c(O)c3c(c(O)c21)C(=O)c1ccccc1C3=O. The molecule has 198 valence electrons. The first-order valence-corrected chi connectivity index (χ1v) is 12.9. The molecule has 0 saturated carbocycles. The molecular formula is C28H34N2O7. The van der Waals surface area contributed by atoms with Crippen LogP contribution in [0.5, 0.6) is 11.5 Å². The van der Waals surface area contributed by atoms with Crippen molar-refractivity contribution in [2.75, 3.05) is 32.8 Å². The predicted molar refractivity (Wildman–Crippen MR) is 135 cm³/mol. The molecule has 2 aromatic carbocycles. The van der Waals surface area contributed by atoms with Crippen LogP contribution in [0.1, 0.15) is 76.2 Å². The first kappa shape index (κ1) is 25.8. The third-order valence-electron chi connectivity index (χ3n) is 8.00. The van der Waals surface area contributed by atoms with Gasteiger partial charge in [0, 0.05) is 47.8 Å². The lowest BCUT2D eigenvalue weighted by molar-refractivity contribution is -0.121. The quantitative estimate of drug-likeness (QED) is 0.354. The zero-order valence-electron chi connectivity index (χ0n) is 21.4. The second-order valence-corrected chi connectivity index (χ2v) is 10.1.